The lowest BCUT2D eigenvalue weighted by atomic mass is 10.2. The van der Waals surface area contributed by atoms with Crippen LogP contribution in [0.15, 0.2) is 0 Å². The summed E-state index contributed by atoms with van der Waals surface area (Å²) in [5, 5.41) is 7.96. The molecule has 1 atom stereocenters. The molecule has 0 heterocycles. The first-order chi connectivity index (χ1) is 5.75. The zero-order valence-corrected chi connectivity index (χ0v) is 6.64. The summed E-state index contributed by atoms with van der Waals surface area (Å²) in [6, 6.07) is 0. The van der Waals surface area contributed by atoms with Gasteiger partial charge in [0.05, 0.1) is 6.42 Å². The summed E-state index contributed by atoms with van der Waals surface area (Å²) >= 11 is 0. The fourth-order valence-electron chi connectivity index (χ4n) is 0.686. The summed E-state index contributed by atoms with van der Waals surface area (Å²) in [6.07, 6.45) is -8.36. The van der Waals surface area contributed by atoms with Gasteiger partial charge in [-0.1, -0.05) is 0 Å². The van der Waals surface area contributed by atoms with E-state index in [1.54, 1.807) is 0 Å². The van der Waals surface area contributed by atoms with E-state index in [4.69, 9.17) is 5.11 Å². The summed E-state index contributed by atoms with van der Waals surface area (Å²) in [4.78, 5) is 9.81. The van der Waals surface area contributed by atoms with Crippen LogP contribution in [0.1, 0.15) is 13.3 Å². The lowest BCUT2D eigenvalue weighted by Crippen LogP contribution is -2.32. The van der Waals surface area contributed by atoms with E-state index in [0.717, 1.165) is 6.92 Å². The van der Waals surface area contributed by atoms with Crippen LogP contribution >= 0.6 is 0 Å². The molecule has 7 heteroatoms. The maximum Gasteiger partial charge on any atom is 0.506 e. The lowest BCUT2D eigenvalue weighted by Gasteiger charge is -2.18. The third kappa shape index (κ3) is 4.54. The number of halogens is 4. The zero-order valence-electron chi connectivity index (χ0n) is 6.64. The van der Waals surface area contributed by atoms with E-state index in [2.05, 4.69) is 4.74 Å². The minimum absolute atomic E-state index is 0.977. The van der Waals surface area contributed by atoms with Gasteiger partial charge in [0.25, 0.3) is 0 Å². The van der Waals surface area contributed by atoms with Crippen LogP contribution in [0.3, 0.4) is 0 Å². The largest absolute Gasteiger partial charge is 0.506 e. The molecule has 0 aliphatic carbocycles. The summed E-state index contributed by atoms with van der Waals surface area (Å²) < 4.78 is 51.4. The molecule has 0 saturated heterocycles. The summed E-state index contributed by atoms with van der Waals surface area (Å²) in [5.74, 6) is -4.21. The van der Waals surface area contributed by atoms with E-state index < -0.39 is 31.0 Å². The summed E-state index contributed by atoms with van der Waals surface area (Å²) in [7, 11) is 0. The number of carboxylic acid groups (broad SMARTS) is 1. The second-order valence-corrected chi connectivity index (χ2v) is 2.46. The van der Waals surface area contributed by atoms with Crippen molar-refractivity contribution < 1.29 is 32.2 Å². The first kappa shape index (κ1) is 12.0. The van der Waals surface area contributed by atoms with Crippen molar-refractivity contribution in [1.29, 1.82) is 0 Å². The molecule has 78 valence electrons. The first-order valence-corrected chi connectivity index (χ1v) is 3.31. The highest BCUT2D eigenvalue weighted by Crippen LogP contribution is 2.28. The SMILES string of the molecule is CC(CC(F)(F)C(F)F)OC(=O)O. The highest BCUT2D eigenvalue weighted by Gasteiger charge is 2.42. The monoisotopic (exact) mass is 204 g/mol. The van der Waals surface area contributed by atoms with Crippen molar-refractivity contribution in [3.63, 3.8) is 0 Å². The van der Waals surface area contributed by atoms with E-state index in [1.165, 1.54) is 0 Å². The van der Waals surface area contributed by atoms with E-state index in [-0.39, 0.29) is 0 Å². The first-order valence-electron chi connectivity index (χ1n) is 3.31. The molecule has 0 aromatic heterocycles. The fourth-order valence-corrected chi connectivity index (χ4v) is 0.686. The molecular weight excluding hydrogens is 196 g/mol. The van der Waals surface area contributed by atoms with E-state index in [1.807, 2.05) is 0 Å². The predicted molar refractivity (Wildman–Crippen MR) is 34.1 cm³/mol. The Labute approximate surface area is 71.3 Å². The molecule has 0 aromatic rings. The van der Waals surface area contributed by atoms with Gasteiger partial charge in [-0.15, -0.1) is 0 Å². The lowest BCUT2D eigenvalue weighted by molar-refractivity contribution is -0.148. The summed E-state index contributed by atoms with van der Waals surface area (Å²) in [6.45, 7) is 0.977. The third-order valence-electron chi connectivity index (χ3n) is 1.18. The fraction of sp³-hybridized carbons (Fsp3) is 0.833. The standard InChI is InChI=1S/C6H8F4O3/c1-3(13-5(11)12)2-6(9,10)4(7)8/h3-4H,2H2,1H3,(H,11,12). The molecule has 1 N–H and O–H groups in total. The van der Waals surface area contributed by atoms with Gasteiger partial charge in [-0.25, -0.2) is 22.4 Å². The highest BCUT2D eigenvalue weighted by atomic mass is 19.3. The molecule has 1 unspecified atom stereocenters. The average Bonchev–Trinajstić information content (AvgIpc) is 1.82. The summed E-state index contributed by atoms with van der Waals surface area (Å²) in [5.41, 5.74) is 0. The van der Waals surface area contributed by atoms with E-state index >= 15 is 0 Å². The van der Waals surface area contributed by atoms with Crippen molar-refractivity contribution in [2.24, 2.45) is 0 Å². The molecule has 0 aromatic carbocycles. The van der Waals surface area contributed by atoms with Crippen LogP contribution in [0.4, 0.5) is 22.4 Å². The molecule has 0 rings (SSSR count). The van der Waals surface area contributed by atoms with Crippen molar-refractivity contribution in [1.82, 2.24) is 0 Å². The number of alkyl halides is 4. The number of hydrogen-bond acceptors (Lipinski definition) is 2. The van der Waals surface area contributed by atoms with Crippen LogP contribution in [-0.2, 0) is 4.74 Å². The maximum absolute atomic E-state index is 12.2. The number of carbonyl (C=O) groups is 1. The second kappa shape index (κ2) is 4.29. The normalized spacial score (nSPS) is 14.3. The van der Waals surface area contributed by atoms with Crippen molar-refractivity contribution >= 4 is 6.16 Å². The van der Waals surface area contributed by atoms with Crippen molar-refractivity contribution in [3.05, 3.63) is 0 Å². The molecule has 3 nitrogen and oxygen atoms in total. The second-order valence-electron chi connectivity index (χ2n) is 2.46. The van der Waals surface area contributed by atoms with Gasteiger partial charge in [0, 0.05) is 0 Å². The van der Waals surface area contributed by atoms with Crippen LogP contribution < -0.4 is 0 Å². The van der Waals surface area contributed by atoms with Gasteiger partial charge in [-0.2, -0.15) is 0 Å². The molecule has 13 heavy (non-hydrogen) atoms. The number of hydrogen-bond donors (Lipinski definition) is 1. The zero-order chi connectivity index (χ0) is 10.6. The molecule has 0 saturated carbocycles. The van der Waals surface area contributed by atoms with Crippen LogP contribution in [0, 0.1) is 0 Å². The van der Waals surface area contributed by atoms with Crippen molar-refractivity contribution in [3.8, 4) is 0 Å². The Balaban J connectivity index is 4.03. The topological polar surface area (TPSA) is 46.5 Å². The van der Waals surface area contributed by atoms with Crippen LogP contribution in [-0.4, -0.2) is 29.7 Å². The Morgan fingerprint density at radius 3 is 2.31 bits per heavy atom. The molecule has 0 fully saturated rings. The minimum Gasteiger partial charge on any atom is -0.450 e. The average molecular weight is 204 g/mol. The number of rotatable bonds is 4. The molecule has 0 aliphatic rings. The van der Waals surface area contributed by atoms with Gasteiger partial charge in [-0.05, 0) is 6.92 Å². The molecule has 0 amide bonds. The minimum atomic E-state index is -4.21. The highest BCUT2D eigenvalue weighted by molar-refractivity contribution is 5.57. The number of ether oxygens (including phenoxy) is 1. The van der Waals surface area contributed by atoms with Crippen molar-refractivity contribution in [2.45, 2.75) is 31.8 Å². The molecule has 0 aliphatic heterocycles. The smallest absolute Gasteiger partial charge is 0.450 e. The van der Waals surface area contributed by atoms with Crippen molar-refractivity contribution in [2.75, 3.05) is 0 Å². The Hall–Kier alpha value is -1.01. The van der Waals surface area contributed by atoms with Crippen LogP contribution in [0.5, 0.6) is 0 Å². The Kier molecular flexibility index (Phi) is 3.96. The molecular formula is C6H8F4O3. The molecule has 0 radical (unpaired) electrons. The van der Waals surface area contributed by atoms with Gasteiger partial charge in [-0.3, -0.25) is 0 Å². The quantitative estimate of drug-likeness (QED) is 0.564. The Morgan fingerprint density at radius 2 is 2.00 bits per heavy atom. The van der Waals surface area contributed by atoms with Gasteiger partial charge < -0.3 is 9.84 Å². The third-order valence-corrected chi connectivity index (χ3v) is 1.18. The van der Waals surface area contributed by atoms with E-state index in [0.29, 0.717) is 0 Å². The van der Waals surface area contributed by atoms with Gasteiger partial charge in [0.1, 0.15) is 6.10 Å². The van der Waals surface area contributed by atoms with Gasteiger partial charge in [0.15, 0.2) is 0 Å². The van der Waals surface area contributed by atoms with Gasteiger partial charge in [0.2, 0.25) is 0 Å². The maximum atomic E-state index is 12.2. The van der Waals surface area contributed by atoms with Crippen LogP contribution in [0.2, 0.25) is 0 Å². The van der Waals surface area contributed by atoms with Gasteiger partial charge >= 0.3 is 18.5 Å². The van der Waals surface area contributed by atoms with Crippen LogP contribution in [0.25, 0.3) is 0 Å². The predicted octanol–water partition coefficient (Wildman–Crippen LogP) is 2.36. The van der Waals surface area contributed by atoms with E-state index in [9.17, 15) is 22.4 Å². The molecule has 0 bridgehead atoms. The Bertz CT molecular complexity index is 183. The molecule has 0 spiro atoms. The Morgan fingerprint density at radius 1 is 1.54 bits per heavy atom.